The van der Waals surface area contributed by atoms with Crippen LogP contribution >= 0.6 is 0 Å². The molecule has 0 bridgehead atoms. The summed E-state index contributed by atoms with van der Waals surface area (Å²) < 4.78 is 0. The van der Waals surface area contributed by atoms with Crippen molar-refractivity contribution in [2.45, 2.75) is 124 Å². The third-order valence-corrected chi connectivity index (χ3v) is 5.17. The highest BCUT2D eigenvalue weighted by Gasteiger charge is 1.97. The quantitative estimate of drug-likeness (QED) is 0.287. The van der Waals surface area contributed by atoms with E-state index < -0.39 is 5.97 Å². The van der Waals surface area contributed by atoms with E-state index in [4.69, 9.17) is 5.11 Å². The molecular weight excluding hydrogens is 344 g/mol. The molecular formula is C26H46O2. The molecule has 162 valence electrons. The van der Waals surface area contributed by atoms with Crippen molar-refractivity contribution in [2.75, 3.05) is 0 Å². The number of benzene rings is 1. The second-order valence-corrected chi connectivity index (χ2v) is 8.25. The number of carboxylic acids is 1. The summed E-state index contributed by atoms with van der Waals surface area (Å²) >= 11 is 0. The highest BCUT2D eigenvalue weighted by Crippen LogP contribution is 2.13. The maximum Gasteiger partial charge on any atom is 0.303 e. The van der Waals surface area contributed by atoms with Crippen LogP contribution in [0.2, 0.25) is 0 Å². The summed E-state index contributed by atoms with van der Waals surface area (Å²) in [5.41, 5.74) is 2.68. The molecule has 0 aromatic heterocycles. The van der Waals surface area contributed by atoms with E-state index in [9.17, 15) is 4.79 Å². The molecule has 0 fully saturated rings. The van der Waals surface area contributed by atoms with Crippen LogP contribution in [0.5, 0.6) is 0 Å². The summed E-state index contributed by atoms with van der Waals surface area (Å²) in [6.45, 7) is 6.48. The van der Waals surface area contributed by atoms with Gasteiger partial charge in [-0.2, -0.15) is 0 Å². The molecule has 0 aliphatic rings. The van der Waals surface area contributed by atoms with Crippen molar-refractivity contribution in [3.63, 3.8) is 0 Å². The van der Waals surface area contributed by atoms with Crippen LogP contribution in [0.1, 0.15) is 121 Å². The Labute approximate surface area is 175 Å². The van der Waals surface area contributed by atoms with Crippen LogP contribution in [0, 0.1) is 13.8 Å². The smallest absolute Gasteiger partial charge is 0.303 e. The van der Waals surface area contributed by atoms with Gasteiger partial charge in [0.05, 0.1) is 0 Å². The Kier molecular flexibility index (Phi) is 19.5. The lowest BCUT2D eigenvalue weighted by Gasteiger charge is -2.03. The zero-order valence-corrected chi connectivity index (χ0v) is 19.0. The molecule has 0 saturated heterocycles. The summed E-state index contributed by atoms with van der Waals surface area (Å²) in [7, 11) is 0. The van der Waals surface area contributed by atoms with Crippen LogP contribution in [-0.2, 0) is 4.79 Å². The van der Waals surface area contributed by atoms with Crippen LogP contribution in [0.3, 0.4) is 0 Å². The summed E-state index contributed by atoms with van der Waals surface area (Å²) in [4.78, 5) is 10.3. The zero-order valence-electron chi connectivity index (χ0n) is 19.0. The number of unbranched alkanes of at least 4 members (excludes halogenated alkanes) is 14. The molecule has 0 unspecified atom stereocenters. The lowest BCUT2D eigenvalue weighted by molar-refractivity contribution is -0.137. The van der Waals surface area contributed by atoms with Gasteiger partial charge in [0.25, 0.3) is 0 Å². The Morgan fingerprint density at radius 2 is 1.04 bits per heavy atom. The first-order chi connectivity index (χ1) is 13.6. The van der Waals surface area contributed by atoms with Crippen molar-refractivity contribution in [1.82, 2.24) is 0 Å². The minimum Gasteiger partial charge on any atom is -0.481 e. The van der Waals surface area contributed by atoms with Gasteiger partial charge in [-0.3, -0.25) is 4.79 Å². The van der Waals surface area contributed by atoms with Crippen molar-refractivity contribution < 1.29 is 9.90 Å². The van der Waals surface area contributed by atoms with Crippen molar-refractivity contribution in [3.8, 4) is 0 Å². The molecule has 1 aromatic carbocycles. The van der Waals surface area contributed by atoms with Gasteiger partial charge in [-0.25, -0.2) is 0 Å². The zero-order chi connectivity index (χ0) is 20.9. The molecule has 0 saturated carbocycles. The van der Waals surface area contributed by atoms with Crippen LogP contribution in [0.4, 0.5) is 0 Å². The van der Waals surface area contributed by atoms with E-state index in [2.05, 4.69) is 45.0 Å². The molecule has 0 atom stereocenters. The lowest BCUT2D eigenvalue weighted by Crippen LogP contribution is -1.93. The van der Waals surface area contributed by atoms with Gasteiger partial charge in [-0.1, -0.05) is 132 Å². The van der Waals surface area contributed by atoms with Gasteiger partial charge < -0.3 is 5.11 Å². The monoisotopic (exact) mass is 390 g/mol. The topological polar surface area (TPSA) is 37.3 Å². The first-order valence-corrected chi connectivity index (χ1v) is 11.8. The number of carboxylic acid groups (broad SMARTS) is 1. The molecule has 0 amide bonds. The van der Waals surface area contributed by atoms with Gasteiger partial charge in [0, 0.05) is 6.42 Å². The SMILES string of the molecule is CCCCCCCCCCCCCCCCCC(=O)O.Cc1cccc(C)c1. The Hall–Kier alpha value is -1.31. The van der Waals surface area contributed by atoms with Gasteiger partial charge in [0.2, 0.25) is 0 Å². The highest BCUT2D eigenvalue weighted by atomic mass is 16.4. The molecule has 1 aromatic rings. The van der Waals surface area contributed by atoms with Crippen molar-refractivity contribution >= 4 is 5.97 Å². The van der Waals surface area contributed by atoms with Crippen LogP contribution in [0.25, 0.3) is 0 Å². The van der Waals surface area contributed by atoms with Gasteiger partial charge in [-0.05, 0) is 20.3 Å². The number of rotatable bonds is 16. The fourth-order valence-electron chi connectivity index (χ4n) is 3.45. The minimum atomic E-state index is -0.653. The maximum atomic E-state index is 10.3. The second-order valence-electron chi connectivity index (χ2n) is 8.25. The largest absolute Gasteiger partial charge is 0.481 e. The molecule has 1 rings (SSSR count). The number of hydrogen-bond acceptors (Lipinski definition) is 1. The van der Waals surface area contributed by atoms with Crippen molar-refractivity contribution in [1.29, 1.82) is 0 Å². The molecule has 0 aliphatic heterocycles. The molecule has 0 aliphatic carbocycles. The maximum absolute atomic E-state index is 10.3. The van der Waals surface area contributed by atoms with E-state index in [1.165, 1.54) is 94.6 Å². The van der Waals surface area contributed by atoms with E-state index in [-0.39, 0.29) is 0 Å². The number of hydrogen-bond donors (Lipinski definition) is 1. The van der Waals surface area contributed by atoms with Crippen molar-refractivity contribution in [3.05, 3.63) is 35.4 Å². The summed E-state index contributed by atoms with van der Waals surface area (Å²) in [5.74, 6) is -0.653. The average Bonchev–Trinajstić information content (AvgIpc) is 2.65. The van der Waals surface area contributed by atoms with Gasteiger partial charge in [0.1, 0.15) is 0 Å². The number of carbonyl (C=O) groups is 1. The number of aliphatic carboxylic acids is 1. The van der Waals surface area contributed by atoms with E-state index in [0.717, 1.165) is 12.8 Å². The number of aryl methyl sites for hydroxylation is 2. The minimum absolute atomic E-state index is 0.345. The van der Waals surface area contributed by atoms with Gasteiger partial charge in [-0.15, -0.1) is 0 Å². The second kappa shape index (κ2) is 20.4. The average molecular weight is 391 g/mol. The molecule has 0 heterocycles. The standard InChI is InChI=1S/C18H36O2.C8H10/c1-2-3-4-5-6-7-8-9-10-11-12-13-14-15-16-17-18(19)20;1-7-4-3-5-8(2)6-7/h2-17H2,1H3,(H,19,20);3-6H,1-2H3. The predicted molar refractivity (Wildman–Crippen MR) is 123 cm³/mol. The lowest BCUT2D eigenvalue weighted by atomic mass is 10.0. The third kappa shape index (κ3) is 21.0. The Morgan fingerprint density at radius 3 is 1.32 bits per heavy atom. The van der Waals surface area contributed by atoms with Gasteiger partial charge >= 0.3 is 5.97 Å². The van der Waals surface area contributed by atoms with Crippen LogP contribution in [0.15, 0.2) is 24.3 Å². The molecule has 1 N–H and O–H groups in total. The van der Waals surface area contributed by atoms with E-state index >= 15 is 0 Å². The van der Waals surface area contributed by atoms with Gasteiger partial charge in [0.15, 0.2) is 0 Å². The molecule has 0 radical (unpaired) electrons. The molecule has 0 spiro atoms. The van der Waals surface area contributed by atoms with Crippen LogP contribution in [-0.4, -0.2) is 11.1 Å². The van der Waals surface area contributed by atoms with E-state index in [1.807, 2.05) is 0 Å². The van der Waals surface area contributed by atoms with Crippen molar-refractivity contribution in [2.24, 2.45) is 0 Å². The first kappa shape index (κ1) is 26.7. The summed E-state index contributed by atoms with van der Waals surface area (Å²) in [5, 5.41) is 8.52. The third-order valence-electron chi connectivity index (χ3n) is 5.17. The highest BCUT2D eigenvalue weighted by molar-refractivity contribution is 5.66. The molecule has 28 heavy (non-hydrogen) atoms. The Balaban J connectivity index is 0.000000749. The van der Waals surface area contributed by atoms with E-state index in [1.54, 1.807) is 0 Å². The Morgan fingerprint density at radius 1 is 0.679 bits per heavy atom. The molecule has 2 nitrogen and oxygen atoms in total. The molecule has 2 heteroatoms. The summed E-state index contributed by atoms with van der Waals surface area (Å²) in [6, 6.07) is 8.45. The fourth-order valence-corrected chi connectivity index (χ4v) is 3.45. The van der Waals surface area contributed by atoms with E-state index in [0.29, 0.717) is 6.42 Å². The normalized spacial score (nSPS) is 10.4. The van der Waals surface area contributed by atoms with Crippen LogP contribution < -0.4 is 0 Å². The predicted octanol–water partition coefficient (Wildman–Crippen LogP) is 8.64. The fraction of sp³-hybridized carbons (Fsp3) is 0.731. The summed E-state index contributed by atoms with van der Waals surface area (Å²) in [6.07, 6.45) is 20.2. The Bertz CT molecular complexity index is 450. The first-order valence-electron chi connectivity index (χ1n) is 11.8.